The summed E-state index contributed by atoms with van der Waals surface area (Å²) in [7, 11) is -1.42. The highest BCUT2D eigenvalue weighted by Crippen LogP contribution is 2.00. The van der Waals surface area contributed by atoms with Crippen LogP contribution in [-0.2, 0) is 26.4 Å². The zero-order valence-electron chi connectivity index (χ0n) is 7.88. The SMILES string of the molecule is O=C(O)CONS(=O)Cc1ccccc1. The van der Waals surface area contributed by atoms with Crippen LogP contribution in [0.4, 0.5) is 0 Å². The van der Waals surface area contributed by atoms with Gasteiger partial charge in [-0.25, -0.2) is 9.00 Å². The van der Waals surface area contributed by atoms with Gasteiger partial charge >= 0.3 is 5.97 Å². The Labute approximate surface area is 89.6 Å². The molecule has 0 saturated heterocycles. The van der Waals surface area contributed by atoms with E-state index in [0.717, 1.165) is 5.56 Å². The minimum Gasteiger partial charge on any atom is -0.479 e. The Morgan fingerprint density at radius 1 is 1.40 bits per heavy atom. The van der Waals surface area contributed by atoms with E-state index < -0.39 is 23.6 Å². The Balaban J connectivity index is 2.28. The van der Waals surface area contributed by atoms with Gasteiger partial charge in [-0.15, -0.1) is 4.89 Å². The third-order valence-electron chi connectivity index (χ3n) is 1.49. The van der Waals surface area contributed by atoms with Crippen LogP contribution in [-0.4, -0.2) is 21.9 Å². The third kappa shape index (κ3) is 5.26. The maximum Gasteiger partial charge on any atom is 0.331 e. The first-order chi connectivity index (χ1) is 7.18. The van der Waals surface area contributed by atoms with Crippen molar-refractivity contribution in [1.29, 1.82) is 0 Å². The highest BCUT2D eigenvalue weighted by molar-refractivity contribution is 7.82. The van der Waals surface area contributed by atoms with Crippen LogP contribution in [0, 0.1) is 0 Å². The lowest BCUT2D eigenvalue weighted by molar-refractivity contribution is -0.143. The molecular formula is C9H11NO4S. The first-order valence-electron chi connectivity index (χ1n) is 4.20. The molecule has 0 bridgehead atoms. The molecule has 1 aromatic rings. The Morgan fingerprint density at radius 3 is 2.67 bits per heavy atom. The maximum absolute atomic E-state index is 11.3. The lowest BCUT2D eigenvalue weighted by atomic mass is 10.2. The fourth-order valence-electron chi connectivity index (χ4n) is 0.912. The number of carbonyl (C=O) groups is 1. The molecule has 6 heteroatoms. The van der Waals surface area contributed by atoms with Crippen molar-refractivity contribution in [2.45, 2.75) is 5.75 Å². The molecule has 0 amide bonds. The average molecular weight is 229 g/mol. The summed E-state index contributed by atoms with van der Waals surface area (Å²) in [5.41, 5.74) is 0.891. The second-order valence-electron chi connectivity index (χ2n) is 2.74. The van der Waals surface area contributed by atoms with Crippen molar-refractivity contribution >= 4 is 17.0 Å². The number of aliphatic carboxylic acids is 1. The van der Waals surface area contributed by atoms with Crippen molar-refractivity contribution in [3.8, 4) is 0 Å². The molecule has 0 aromatic heterocycles. The smallest absolute Gasteiger partial charge is 0.331 e. The van der Waals surface area contributed by atoms with Crippen LogP contribution in [0.15, 0.2) is 30.3 Å². The number of nitrogens with one attached hydrogen (secondary N) is 1. The van der Waals surface area contributed by atoms with Gasteiger partial charge in [-0.05, 0) is 5.56 Å². The van der Waals surface area contributed by atoms with E-state index >= 15 is 0 Å². The Morgan fingerprint density at radius 2 is 2.07 bits per heavy atom. The van der Waals surface area contributed by atoms with E-state index in [-0.39, 0.29) is 5.75 Å². The second-order valence-corrected chi connectivity index (χ2v) is 3.89. The third-order valence-corrected chi connectivity index (χ3v) is 2.39. The molecule has 5 nitrogen and oxygen atoms in total. The molecule has 1 unspecified atom stereocenters. The van der Waals surface area contributed by atoms with Gasteiger partial charge in [0.05, 0.1) is 5.75 Å². The lowest BCUT2D eigenvalue weighted by Crippen LogP contribution is -2.22. The van der Waals surface area contributed by atoms with E-state index in [0.29, 0.717) is 0 Å². The minimum atomic E-state index is -1.42. The predicted molar refractivity (Wildman–Crippen MR) is 55.0 cm³/mol. The Hall–Kier alpha value is -1.24. The van der Waals surface area contributed by atoms with Crippen LogP contribution in [0.5, 0.6) is 0 Å². The molecule has 82 valence electrons. The molecule has 15 heavy (non-hydrogen) atoms. The standard InChI is InChI=1S/C9H11NO4S/c11-9(12)6-14-10-15(13)7-8-4-2-1-3-5-8/h1-5,10H,6-7H2,(H,11,12). The van der Waals surface area contributed by atoms with E-state index in [1.807, 2.05) is 30.3 Å². The van der Waals surface area contributed by atoms with Crippen LogP contribution >= 0.6 is 0 Å². The summed E-state index contributed by atoms with van der Waals surface area (Å²) in [6, 6.07) is 9.20. The van der Waals surface area contributed by atoms with Crippen LogP contribution in [0.25, 0.3) is 0 Å². The second kappa shape index (κ2) is 6.28. The summed E-state index contributed by atoms with van der Waals surface area (Å²) in [5, 5.41) is 8.25. The van der Waals surface area contributed by atoms with Crippen LogP contribution in [0.2, 0.25) is 0 Å². The van der Waals surface area contributed by atoms with Gasteiger partial charge < -0.3 is 5.11 Å². The lowest BCUT2D eigenvalue weighted by Gasteiger charge is -2.03. The molecule has 0 heterocycles. The summed E-state index contributed by atoms with van der Waals surface area (Å²) in [6.45, 7) is -0.513. The predicted octanol–water partition coefficient (Wildman–Crippen LogP) is 0.456. The summed E-state index contributed by atoms with van der Waals surface area (Å²) in [4.78, 5) is 16.7. The van der Waals surface area contributed by atoms with E-state index in [9.17, 15) is 9.00 Å². The van der Waals surface area contributed by atoms with Gasteiger partial charge in [-0.2, -0.15) is 0 Å². The number of hydrogen-bond acceptors (Lipinski definition) is 3. The van der Waals surface area contributed by atoms with Crippen LogP contribution in [0.1, 0.15) is 5.56 Å². The van der Waals surface area contributed by atoms with Crippen LogP contribution < -0.4 is 4.89 Å². The van der Waals surface area contributed by atoms with Gasteiger partial charge in [0.2, 0.25) is 0 Å². The van der Waals surface area contributed by atoms with Crippen molar-refractivity contribution in [3.63, 3.8) is 0 Å². The molecule has 2 N–H and O–H groups in total. The molecular weight excluding hydrogens is 218 g/mol. The van der Waals surface area contributed by atoms with Gasteiger partial charge in [0.1, 0.15) is 11.0 Å². The molecule has 0 aliphatic rings. The zero-order chi connectivity index (χ0) is 11.1. The number of hydrogen-bond donors (Lipinski definition) is 2. The molecule has 0 spiro atoms. The molecule has 1 aromatic carbocycles. The zero-order valence-corrected chi connectivity index (χ0v) is 8.70. The van der Waals surface area contributed by atoms with Gasteiger partial charge in [0.25, 0.3) is 0 Å². The minimum absolute atomic E-state index is 0.278. The van der Waals surface area contributed by atoms with Crippen molar-refractivity contribution < 1.29 is 18.9 Å². The molecule has 0 fully saturated rings. The summed E-state index contributed by atoms with van der Waals surface area (Å²) in [6.07, 6.45) is 0. The highest BCUT2D eigenvalue weighted by atomic mass is 32.2. The van der Waals surface area contributed by atoms with Gasteiger partial charge in [0, 0.05) is 0 Å². The van der Waals surface area contributed by atoms with E-state index in [2.05, 4.69) is 9.72 Å². The fraction of sp³-hybridized carbons (Fsp3) is 0.222. The first-order valence-corrected chi connectivity index (χ1v) is 5.52. The van der Waals surface area contributed by atoms with Gasteiger partial charge in [-0.3, -0.25) is 4.84 Å². The highest BCUT2D eigenvalue weighted by Gasteiger charge is 2.02. The van der Waals surface area contributed by atoms with Crippen molar-refractivity contribution in [1.82, 2.24) is 4.89 Å². The van der Waals surface area contributed by atoms with E-state index in [1.165, 1.54) is 0 Å². The summed E-state index contributed by atoms with van der Waals surface area (Å²) in [5.74, 6) is -0.834. The van der Waals surface area contributed by atoms with E-state index in [4.69, 9.17) is 5.11 Å². The van der Waals surface area contributed by atoms with E-state index in [1.54, 1.807) is 0 Å². The number of benzene rings is 1. The van der Waals surface area contributed by atoms with Crippen molar-refractivity contribution in [2.75, 3.05) is 6.61 Å². The summed E-state index contributed by atoms with van der Waals surface area (Å²) < 4.78 is 11.3. The average Bonchev–Trinajstić information content (AvgIpc) is 2.18. The Kier molecular flexibility index (Phi) is 4.96. The number of rotatable bonds is 6. The fourth-order valence-corrected chi connectivity index (χ4v) is 1.66. The molecule has 0 saturated carbocycles. The van der Waals surface area contributed by atoms with Gasteiger partial charge in [-0.1, -0.05) is 30.3 Å². The van der Waals surface area contributed by atoms with Crippen molar-refractivity contribution in [2.24, 2.45) is 0 Å². The van der Waals surface area contributed by atoms with Gasteiger partial charge in [0.15, 0.2) is 6.61 Å². The first kappa shape index (κ1) is 11.8. The topological polar surface area (TPSA) is 75.6 Å². The molecule has 1 rings (SSSR count). The quantitative estimate of drug-likeness (QED) is 0.695. The largest absolute Gasteiger partial charge is 0.479 e. The maximum atomic E-state index is 11.3. The van der Waals surface area contributed by atoms with Crippen molar-refractivity contribution in [3.05, 3.63) is 35.9 Å². The normalized spacial score (nSPS) is 12.3. The molecule has 0 aliphatic carbocycles. The summed E-state index contributed by atoms with van der Waals surface area (Å²) >= 11 is 0. The monoisotopic (exact) mass is 229 g/mol. The number of carboxylic acids is 1. The van der Waals surface area contributed by atoms with Crippen LogP contribution in [0.3, 0.4) is 0 Å². The molecule has 0 aliphatic heterocycles. The molecule has 0 radical (unpaired) electrons. The number of carboxylic acid groups (broad SMARTS) is 1. The molecule has 1 atom stereocenters. The Bertz CT molecular complexity index is 341.